The summed E-state index contributed by atoms with van der Waals surface area (Å²) in [5, 5.41) is 0. The van der Waals surface area contributed by atoms with Gasteiger partial charge in [-0.1, -0.05) is 42.7 Å². The van der Waals surface area contributed by atoms with E-state index in [1.165, 1.54) is 24.0 Å². The van der Waals surface area contributed by atoms with Crippen molar-refractivity contribution in [3.05, 3.63) is 57.4 Å². The van der Waals surface area contributed by atoms with Crippen LogP contribution in [0.2, 0.25) is 0 Å². The highest BCUT2D eigenvalue weighted by atomic mass is 16.1. The van der Waals surface area contributed by atoms with Crippen molar-refractivity contribution in [3.63, 3.8) is 0 Å². The summed E-state index contributed by atoms with van der Waals surface area (Å²) in [6, 6.07) is 10.7. The van der Waals surface area contributed by atoms with E-state index in [2.05, 4.69) is 38.1 Å². The van der Waals surface area contributed by atoms with Gasteiger partial charge < -0.3 is 10.3 Å². The molecule has 2 N–H and O–H groups in total. The van der Waals surface area contributed by atoms with Crippen LogP contribution < -0.4 is 11.3 Å². The van der Waals surface area contributed by atoms with Gasteiger partial charge in [0, 0.05) is 23.7 Å². The van der Waals surface area contributed by atoms with Gasteiger partial charge in [-0.15, -0.1) is 0 Å². The van der Waals surface area contributed by atoms with Crippen molar-refractivity contribution in [2.24, 2.45) is 5.73 Å². The lowest BCUT2D eigenvalue weighted by molar-refractivity contribution is 0.504. The van der Waals surface area contributed by atoms with E-state index in [0.717, 1.165) is 24.1 Å². The van der Waals surface area contributed by atoms with Crippen molar-refractivity contribution in [2.45, 2.75) is 52.1 Å². The molecule has 1 aliphatic carbocycles. The summed E-state index contributed by atoms with van der Waals surface area (Å²) in [4.78, 5) is 12.8. The molecule has 2 aromatic rings. The fourth-order valence-corrected chi connectivity index (χ4v) is 3.60. The average molecular weight is 296 g/mol. The maximum Gasteiger partial charge on any atom is 0.255 e. The molecule has 0 atom stereocenters. The Morgan fingerprint density at radius 2 is 1.86 bits per heavy atom. The Morgan fingerprint density at radius 3 is 2.50 bits per heavy atom. The summed E-state index contributed by atoms with van der Waals surface area (Å²) in [6.07, 6.45) is 4.59. The van der Waals surface area contributed by atoms with E-state index in [1.807, 2.05) is 10.6 Å². The number of hydrogen-bond acceptors (Lipinski definition) is 2. The van der Waals surface area contributed by atoms with Gasteiger partial charge in [0.1, 0.15) is 0 Å². The molecule has 3 rings (SSSR count). The molecule has 22 heavy (non-hydrogen) atoms. The molecule has 0 aliphatic heterocycles. The van der Waals surface area contributed by atoms with Gasteiger partial charge in [-0.25, -0.2) is 0 Å². The van der Waals surface area contributed by atoms with Crippen molar-refractivity contribution in [3.8, 4) is 11.3 Å². The molecule has 3 nitrogen and oxygen atoms in total. The number of aryl methyl sites for hydroxylation is 2. The van der Waals surface area contributed by atoms with Gasteiger partial charge in [0.25, 0.3) is 5.56 Å². The van der Waals surface area contributed by atoms with E-state index in [4.69, 9.17) is 5.73 Å². The van der Waals surface area contributed by atoms with E-state index in [9.17, 15) is 4.79 Å². The maximum absolute atomic E-state index is 12.8. The monoisotopic (exact) mass is 296 g/mol. The number of aromatic nitrogens is 1. The molecule has 1 aromatic carbocycles. The molecular formula is C19H24N2O. The Balaban J connectivity index is 2.22. The number of benzene rings is 1. The first-order valence-electron chi connectivity index (χ1n) is 8.14. The first kappa shape index (κ1) is 15.0. The van der Waals surface area contributed by atoms with Gasteiger partial charge in [-0.3, -0.25) is 4.79 Å². The summed E-state index contributed by atoms with van der Waals surface area (Å²) in [7, 11) is 0. The van der Waals surface area contributed by atoms with Crippen LogP contribution in [0.15, 0.2) is 35.1 Å². The maximum atomic E-state index is 12.8. The van der Waals surface area contributed by atoms with Crippen LogP contribution in [0, 0.1) is 13.8 Å². The van der Waals surface area contributed by atoms with E-state index < -0.39 is 0 Å². The van der Waals surface area contributed by atoms with Gasteiger partial charge in [-0.2, -0.15) is 0 Å². The molecule has 3 heteroatoms. The van der Waals surface area contributed by atoms with Crippen molar-refractivity contribution < 1.29 is 0 Å². The summed E-state index contributed by atoms with van der Waals surface area (Å²) >= 11 is 0. The van der Waals surface area contributed by atoms with Crippen LogP contribution in [0.5, 0.6) is 0 Å². The highest BCUT2D eigenvalue weighted by Gasteiger charge is 2.22. The van der Waals surface area contributed by atoms with Crippen LogP contribution in [0.25, 0.3) is 11.3 Å². The lowest BCUT2D eigenvalue weighted by Crippen LogP contribution is -2.29. The Hall–Kier alpha value is -1.87. The van der Waals surface area contributed by atoms with Crippen LogP contribution in [-0.4, -0.2) is 4.57 Å². The first-order valence-corrected chi connectivity index (χ1v) is 8.14. The number of rotatable bonds is 3. The van der Waals surface area contributed by atoms with Crippen LogP contribution in [0.1, 0.15) is 48.4 Å². The second-order valence-electron chi connectivity index (χ2n) is 6.38. The number of nitrogens with two attached hydrogens (primary N) is 1. The largest absolute Gasteiger partial charge is 0.326 e. The molecular weight excluding hydrogens is 272 g/mol. The smallest absolute Gasteiger partial charge is 0.255 e. The Kier molecular flexibility index (Phi) is 4.16. The van der Waals surface area contributed by atoms with Crippen molar-refractivity contribution in [2.75, 3.05) is 0 Å². The van der Waals surface area contributed by atoms with Crippen LogP contribution in [-0.2, 0) is 6.54 Å². The molecule has 0 spiro atoms. The second-order valence-corrected chi connectivity index (χ2v) is 6.38. The van der Waals surface area contributed by atoms with E-state index in [-0.39, 0.29) is 5.56 Å². The molecule has 1 aromatic heterocycles. The summed E-state index contributed by atoms with van der Waals surface area (Å²) in [5.41, 5.74) is 11.2. The summed E-state index contributed by atoms with van der Waals surface area (Å²) in [6.45, 7) is 4.51. The molecule has 1 saturated carbocycles. The second kappa shape index (κ2) is 6.09. The van der Waals surface area contributed by atoms with Crippen LogP contribution in [0.4, 0.5) is 0 Å². The Labute approximate surface area is 131 Å². The zero-order valence-electron chi connectivity index (χ0n) is 13.4. The number of hydrogen-bond donors (Lipinski definition) is 1. The normalized spacial score (nSPS) is 15.4. The molecule has 0 amide bonds. The van der Waals surface area contributed by atoms with E-state index in [0.29, 0.717) is 18.2 Å². The van der Waals surface area contributed by atoms with Crippen molar-refractivity contribution >= 4 is 0 Å². The van der Waals surface area contributed by atoms with Gasteiger partial charge in [0.05, 0.1) is 5.69 Å². The number of nitrogens with zero attached hydrogens (tertiary/aromatic N) is 1. The molecule has 116 valence electrons. The molecule has 1 aliphatic rings. The third-order valence-corrected chi connectivity index (χ3v) is 4.76. The van der Waals surface area contributed by atoms with Crippen LogP contribution in [0.3, 0.4) is 0 Å². The van der Waals surface area contributed by atoms with E-state index >= 15 is 0 Å². The third kappa shape index (κ3) is 2.61. The van der Waals surface area contributed by atoms with Crippen molar-refractivity contribution in [1.82, 2.24) is 4.57 Å². The number of pyridine rings is 1. The zero-order valence-corrected chi connectivity index (χ0v) is 13.4. The average Bonchev–Trinajstić information content (AvgIpc) is 3.01. The Morgan fingerprint density at radius 1 is 1.14 bits per heavy atom. The van der Waals surface area contributed by atoms with Gasteiger partial charge in [0.15, 0.2) is 0 Å². The lowest BCUT2D eigenvalue weighted by Gasteiger charge is -2.21. The minimum absolute atomic E-state index is 0.0897. The lowest BCUT2D eigenvalue weighted by atomic mass is 10.0. The zero-order chi connectivity index (χ0) is 15.7. The standard InChI is InChI=1S/C19H24N2O/c1-13-7-9-17(14(2)11-13)18-10-8-15(12-20)19(22)21(18)16-5-3-4-6-16/h7-11,16H,3-6,12,20H2,1-2H3. The fourth-order valence-electron chi connectivity index (χ4n) is 3.60. The molecule has 0 radical (unpaired) electrons. The third-order valence-electron chi connectivity index (χ3n) is 4.76. The molecule has 0 unspecified atom stereocenters. The predicted molar refractivity (Wildman–Crippen MR) is 91.0 cm³/mol. The predicted octanol–water partition coefficient (Wildman–Crippen LogP) is 3.71. The molecule has 1 heterocycles. The van der Waals surface area contributed by atoms with Gasteiger partial charge in [0.2, 0.25) is 0 Å². The van der Waals surface area contributed by atoms with Crippen LogP contribution >= 0.6 is 0 Å². The minimum Gasteiger partial charge on any atom is -0.326 e. The van der Waals surface area contributed by atoms with Gasteiger partial charge >= 0.3 is 0 Å². The van der Waals surface area contributed by atoms with Crippen molar-refractivity contribution in [1.29, 1.82) is 0 Å². The SMILES string of the molecule is Cc1ccc(-c2ccc(CN)c(=O)n2C2CCCC2)c(C)c1. The molecule has 1 fully saturated rings. The minimum atomic E-state index is 0.0897. The summed E-state index contributed by atoms with van der Waals surface area (Å²) in [5.74, 6) is 0. The highest BCUT2D eigenvalue weighted by molar-refractivity contribution is 5.65. The first-order chi connectivity index (χ1) is 10.6. The summed E-state index contributed by atoms with van der Waals surface area (Å²) < 4.78 is 2.01. The molecule has 0 bridgehead atoms. The topological polar surface area (TPSA) is 48.0 Å². The highest BCUT2D eigenvalue weighted by Crippen LogP contribution is 2.33. The quantitative estimate of drug-likeness (QED) is 0.938. The van der Waals surface area contributed by atoms with E-state index in [1.54, 1.807) is 0 Å². The fraction of sp³-hybridized carbons (Fsp3) is 0.421. The molecule has 0 saturated heterocycles. The Bertz CT molecular complexity index is 740. The van der Waals surface area contributed by atoms with Gasteiger partial charge in [-0.05, 0) is 38.3 Å².